The first kappa shape index (κ1) is 56.7. The number of aliphatic hydroxyl groups is 1. The van der Waals surface area contributed by atoms with Gasteiger partial charge in [-0.2, -0.15) is 0 Å². The van der Waals surface area contributed by atoms with Crippen LogP contribution in [-0.4, -0.2) is 81.2 Å². The third-order valence-corrected chi connectivity index (χ3v) is 10.5. The number of phosphoric ester groups is 1. The number of aliphatic hydroxyl groups excluding tert-OH is 1. The SMILES string of the molecule is CCCCCCCC/C=C\CCCCCCCCCC(=O)O[C@H](COC(=O)CCC/C=C\C/C=C\C/C=C\C/C=C\CCC[C@@H](C)O)COP(=O)([O-])OCC[N+](C)(C)C. The summed E-state index contributed by atoms with van der Waals surface area (Å²) in [6.07, 6.45) is 45.3. The second kappa shape index (κ2) is 39.8. The highest BCUT2D eigenvalue weighted by Gasteiger charge is 2.21. The Morgan fingerprint density at radius 2 is 1.07 bits per heavy atom. The molecule has 0 fully saturated rings. The largest absolute Gasteiger partial charge is 0.756 e. The van der Waals surface area contributed by atoms with E-state index in [9.17, 15) is 24.2 Å². The zero-order chi connectivity index (χ0) is 43.7. The summed E-state index contributed by atoms with van der Waals surface area (Å²) in [4.78, 5) is 37.6. The Labute approximate surface area is 360 Å². The van der Waals surface area contributed by atoms with E-state index in [0.29, 0.717) is 30.3 Å². The van der Waals surface area contributed by atoms with Crippen LogP contribution >= 0.6 is 7.82 Å². The van der Waals surface area contributed by atoms with Gasteiger partial charge in [0, 0.05) is 12.8 Å². The highest BCUT2D eigenvalue weighted by atomic mass is 31.2. The first-order valence-corrected chi connectivity index (χ1v) is 24.5. The Morgan fingerprint density at radius 3 is 1.61 bits per heavy atom. The van der Waals surface area contributed by atoms with Gasteiger partial charge in [0.05, 0.1) is 33.9 Å². The summed E-state index contributed by atoms with van der Waals surface area (Å²) in [6.45, 7) is 3.69. The van der Waals surface area contributed by atoms with Crippen molar-refractivity contribution in [3.8, 4) is 0 Å². The molecule has 0 aliphatic carbocycles. The van der Waals surface area contributed by atoms with Crippen LogP contribution < -0.4 is 4.89 Å². The molecular weight excluding hydrogens is 766 g/mol. The number of quaternary nitrogens is 1. The molecule has 0 radical (unpaired) electrons. The summed E-state index contributed by atoms with van der Waals surface area (Å²) in [7, 11) is 1.11. The third-order valence-electron chi connectivity index (χ3n) is 9.53. The van der Waals surface area contributed by atoms with E-state index in [2.05, 4.69) is 61.6 Å². The summed E-state index contributed by atoms with van der Waals surface area (Å²) in [5.74, 6) is -0.924. The van der Waals surface area contributed by atoms with Gasteiger partial charge in [-0.15, -0.1) is 0 Å². The van der Waals surface area contributed by atoms with E-state index in [-0.39, 0.29) is 32.2 Å². The number of carbonyl (C=O) groups excluding carboxylic acids is 2. The Bertz CT molecular complexity index is 1210. The molecule has 342 valence electrons. The molecule has 0 aliphatic heterocycles. The second-order valence-corrected chi connectivity index (χ2v) is 18.1. The van der Waals surface area contributed by atoms with Gasteiger partial charge in [-0.05, 0) is 90.4 Å². The van der Waals surface area contributed by atoms with E-state index in [1.165, 1.54) is 64.2 Å². The number of hydrogen-bond acceptors (Lipinski definition) is 9. The highest BCUT2D eigenvalue weighted by molar-refractivity contribution is 7.45. The van der Waals surface area contributed by atoms with Crippen LogP contribution in [0.1, 0.15) is 174 Å². The van der Waals surface area contributed by atoms with Gasteiger partial charge in [0.1, 0.15) is 19.8 Å². The Morgan fingerprint density at radius 1 is 0.610 bits per heavy atom. The molecule has 0 spiro atoms. The Hall–Kier alpha value is -2.33. The number of phosphoric acid groups is 1. The molecule has 0 bridgehead atoms. The average Bonchev–Trinajstić information content (AvgIpc) is 3.17. The molecule has 10 nitrogen and oxygen atoms in total. The summed E-state index contributed by atoms with van der Waals surface area (Å²) in [5.41, 5.74) is 0. The molecule has 1 unspecified atom stereocenters. The van der Waals surface area contributed by atoms with Crippen LogP contribution in [0.15, 0.2) is 60.8 Å². The maximum absolute atomic E-state index is 12.7. The predicted molar refractivity (Wildman–Crippen MR) is 242 cm³/mol. The number of nitrogens with zero attached hydrogens (tertiary/aromatic N) is 1. The topological polar surface area (TPSA) is 131 Å². The zero-order valence-corrected chi connectivity index (χ0v) is 38.9. The molecule has 0 rings (SSSR count). The third kappa shape index (κ3) is 45.0. The molecule has 0 aromatic heterocycles. The Balaban J connectivity index is 4.43. The van der Waals surface area contributed by atoms with E-state index < -0.39 is 32.5 Å². The fourth-order valence-electron chi connectivity index (χ4n) is 5.89. The fraction of sp³-hybridized carbons (Fsp3) is 0.750. The van der Waals surface area contributed by atoms with Gasteiger partial charge < -0.3 is 33.0 Å². The first-order valence-electron chi connectivity index (χ1n) is 23.0. The average molecular weight is 852 g/mol. The van der Waals surface area contributed by atoms with Crippen molar-refractivity contribution in [2.75, 3.05) is 47.5 Å². The normalized spacial score (nSPS) is 14.6. The van der Waals surface area contributed by atoms with E-state index in [4.69, 9.17) is 18.5 Å². The van der Waals surface area contributed by atoms with Crippen LogP contribution in [0.4, 0.5) is 0 Å². The number of unbranched alkanes of at least 4 members (excludes halogenated alkanes) is 15. The van der Waals surface area contributed by atoms with Crippen molar-refractivity contribution in [1.82, 2.24) is 0 Å². The molecule has 0 aromatic rings. The van der Waals surface area contributed by atoms with Gasteiger partial charge in [0.2, 0.25) is 0 Å². The minimum absolute atomic E-state index is 0.0477. The molecule has 11 heteroatoms. The van der Waals surface area contributed by atoms with Gasteiger partial charge in [-0.25, -0.2) is 0 Å². The lowest BCUT2D eigenvalue weighted by molar-refractivity contribution is -0.870. The van der Waals surface area contributed by atoms with Gasteiger partial charge >= 0.3 is 11.9 Å². The van der Waals surface area contributed by atoms with E-state index in [1.54, 1.807) is 0 Å². The van der Waals surface area contributed by atoms with Gasteiger partial charge in [0.25, 0.3) is 7.82 Å². The lowest BCUT2D eigenvalue weighted by Crippen LogP contribution is -2.37. The van der Waals surface area contributed by atoms with Gasteiger partial charge in [-0.1, -0.05) is 132 Å². The van der Waals surface area contributed by atoms with Crippen LogP contribution in [0.2, 0.25) is 0 Å². The molecular formula is C48H86NO9P. The van der Waals surface area contributed by atoms with E-state index in [1.807, 2.05) is 34.1 Å². The lowest BCUT2D eigenvalue weighted by atomic mass is 10.1. The standard InChI is InChI=1S/C48H86NO9P/c1-6-7-8-9-10-11-12-13-14-15-18-22-25-28-31-34-37-40-48(52)58-46(44-57-59(53,54)56-42-41-49(3,4)5)43-55-47(51)39-36-33-30-27-24-21-19-16-17-20-23-26-29-32-35-38-45(2)50/h13-14,17,19-21,26-27,29-30,45-46,50H,6-12,15-16,18,22-25,28,31-44H2,1-5H3/b14-13-,20-17-,21-19-,29-26-,30-27-/t45-,46-/m1/s1. The lowest BCUT2D eigenvalue weighted by Gasteiger charge is -2.28. The fourth-order valence-corrected chi connectivity index (χ4v) is 6.62. The summed E-state index contributed by atoms with van der Waals surface area (Å²) in [5, 5.41) is 9.28. The number of ether oxygens (including phenoxy) is 2. The summed E-state index contributed by atoms with van der Waals surface area (Å²) in [6, 6.07) is 0. The van der Waals surface area contributed by atoms with Crippen LogP contribution in [0.25, 0.3) is 0 Å². The zero-order valence-electron chi connectivity index (χ0n) is 38.0. The summed E-state index contributed by atoms with van der Waals surface area (Å²) < 4.78 is 33.8. The molecule has 0 saturated heterocycles. The predicted octanol–water partition coefficient (Wildman–Crippen LogP) is 11.6. The van der Waals surface area contributed by atoms with Crippen LogP contribution in [0.3, 0.4) is 0 Å². The minimum Gasteiger partial charge on any atom is -0.756 e. The first-order chi connectivity index (χ1) is 28.3. The molecule has 59 heavy (non-hydrogen) atoms. The van der Waals surface area contributed by atoms with Crippen molar-refractivity contribution >= 4 is 19.8 Å². The van der Waals surface area contributed by atoms with Crippen molar-refractivity contribution < 1.29 is 47.2 Å². The number of hydrogen-bond donors (Lipinski definition) is 1. The monoisotopic (exact) mass is 852 g/mol. The van der Waals surface area contributed by atoms with Crippen molar-refractivity contribution in [3.63, 3.8) is 0 Å². The van der Waals surface area contributed by atoms with Crippen LogP contribution in [-0.2, 0) is 32.7 Å². The molecule has 0 aromatic carbocycles. The smallest absolute Gasteiger partial charge is 0.306 e. The number of rotatable bonds is 41. The van der Waals surface area contributed by atoms with Crippen molar-refractivity contribution in [3.05, 3.63) is 60.8 Å². The van der Waals surface area contributed by atoms with Crippen LogP contribution in [0.5, 0.6) is 0 Å². The molecule has 1 N–H and O–H groups in total. The quantitative estimate of drug-likeness (QED) is 0.0210. The molecule has 0 aliphatic rings. The van der Waals surface area contributed by atoms with Gasteiger partial charge in [0.15, 0.2) is 6.10 Å². The van der Waals surface area contributed by atoms with E-state index in [0.717, 1.165) is 64.2 Å². The highest BCUT2D eigenvalue weighted by Crippen LogP contribution is 2.38. The van der Waals surface area contributed by atoms with Crippen molar-refractivity contribution in [1.29, 1.82) is 0 Å². The van der Waals surface area contributed by atoms with E-state index >= 15 is 0 Å². The number of likely N-dealkylation sites (N-methyl/N-ethyl adjacent to an activating group) is 1. The number of esters is 2. The maximum atomic E-state index is 12.7. The Kier molecular flexibility index (Phi) is 38.2. The molecule has 0 amide bonds. The van der Waals surface area contributed by atoms with Crippen molar-refractivity contribution in [2.24, 2.45) is 0 Å². The van der Waals surface area contributed by atoms with Crippen LogP contribution in [0, 0.1) is 0 Å². The maximum Gasteiger partial charge on any atom is 0.306 e. The molecule has 0 saturated carbocycles. The van der Waals surface area contributed by atoms with Gasteiger partial charge in [-0.3, -0.25) is 14.2 Å². The summed E-state index contributed by atoms with van der Waals surface area (Å²) >= 11 is 0. The molecule has 3 atom stereocenters. The van der Waals surface area contributed by atoms with Crippen molar-refractivity contribution in [2.45, 2.75) is 187 Å². The number of carbonyl (C=O) groups is 2. The number of allylic oxidation sites excluding steroid dienone is 10. The minimum atomic E-state index is -4.65. The second-order valence-electron chi connectivity index (χ2n) is 16.7. The molecule has 0 heterocycles.